The zero-order valence-corrected chi connectivity index (χ0v) is 22.1. The van der Waals surface area contributed by atoms with Crippen LogP contribution in [0.3, 0.4) is 0 Å². The summed E-state index contributed by atoms with van der Waals surface area (Å²) in [5.41, 5.74) is 5.12. The second-order valence-corrected chi connectivity index (χ2v) is 10.8. The maximum absolute atomic E-state index is 13.5. The van der Waals surface area contributed by atoms with E-state index in [4.69, 9.17) is 10.00 Å². The number of hydrogen-bond acceptors (Lipinski definition) is 5. The number of benzene rings is 2. The first-order valence-electron chi connectivity index (χ1n) is 13.3. The number of nitriles is 1. The Hall–Kier alpha value is -4.22. The van der Waals surface area contributed by atoms with Crippen molar-refractivity contribution in [3.05, 3.63) is 84.1 Å². The van der Waals surface area contributed by atoms with Crippen molar-refractivity contribution in [1.82, 2.24) is 14.5 Å². The van der Waals surface area contributed by atoms with Crippen LogP contribution in [0.15, 0.2) is 67.0 Å². The van der Waals surface area contributed by atoms with E-state index in [1.807, 2.05) is 6.07 Å². The monoisotopic (exact) mass is 523 g/mol. The predicted molar refractivity (Wildman–Crippen MR) is 148 cm³/mol. The van der Waals surface area contributed by atoms with Gasteiger partial charge in [0, 0.05) is 73.1 Å². The fourth-order valence-electron chi connectivity index (χ4n) is 5.88. The van der Waals surface area contributed by atoms with E-state index < -0.39 is 11.5 Å². The zero-order chi connectivity index (χ0) is 27.1. The third kappa shape index (κ3) is 4.64. The van der Waals surface area contributed by atoms with E-state index in [2.05, 4.69) is 52.7 Å². The SMILES string of the molecule is CC(C)n1cc(CN2CCC3(CC2)CN(c2ccc(C#N)cc2)C(=O)O3)c2c(-c3ccc(F)nc3)cccc21. The van der Waals surface area contributed by atoms with Gasteiger partial charge in [-0.1, -0.05) is 12.1 Å². The van der Waals surface area contributed by atoms with Crippen molar-refractivity contribution < 1.29 is 13.9 Å². The molecule has 0 aliphatic carbocycles. The third-order valence-electron chi connectivity index (χ3n) is 7.97. The van der Waals surface area contributed by atoms with Gasteiger partial charge in [-0.15, -0.1) is 0 Å². The van der Waals surface area contributed by atoms with Crippen molar-refractivity contribution in [2.75, 3.05) is 24.5 Å². The number of piperidine rings is 1. The molecule has 198 valence electrons. The Labute approximate surface area is 227 Å². The average molecular weight is 524 g/mol. The number of fused-ring (bicyclic) bond motifs is 1. The van der Waals surface area contributed by atoms with E-state index in [1.54, 1.807) is 41.4 Å². The lowest BCUT2D eigenvalue weighted by Crippen LogP contribution is -2.46. The molecule has 2 aromatic heterocycles. The number of amides is 1. The first-order valence-corrected chi connectivity index (χ1v) is 13.3. The molecule has 0 bridgehead atoms. The molecule has 0 atom stereocenters. The second-order valence-electron chi connectivity index (χ2n) is 10.8. The van der Waals surface area contributed by atoms with Crippen LogP contribution in [-0.4, -0.2) is 45.8 Å². The summed E-state index contributed by atoms with van der Waals surface area (Å²) >= 11 is 0. The van der Waals surface area contributed by atoms with Crippen LogP contribution in [0.1, 0.15) is 43.9 Å². The molecule has 7 nitrogen and oxygen atoms in total. The number of nitrogens with zero attached hydrogens (tertiary/aromatic N) is 5. The fraction of sp³-hybridized carbons (Fsp3) is 0.323. The van der Waals surface area contributed by atoms with Crippen LogP contribution in [0.4, 0.5) is 14.9 Å². The lowest BCUT2D eigenvalue weighted by atomic mass is 9.90. The number of rotatable bonds is 5. The van der Waals surface area contributed by atoms with E-state index in [1.165, 1.54) is 17.0 Å². The smallest absolute Gasteiger partial charge is 0.415 e. The number of carbonyl (C=O) groups excluding carboxylic acids is 1. The third-order valence-corrected chi connectivity index (χ3v) is 7.97. The van der Waals surface area contributed by atoms with Crippen LogP contribution in [0, 0.1) is 17.3 Å². The van der Waals surface area contributed by atoms with Gasteiger partial charge in [0.2, 0.25) is 5.95 Å². The molecule has 1 spiro atoms. The minimum absolute atomic E-state index is 0.290. The van der Waals surface area contributed by atoms with Gasteiger partial charge in [-0.2, -0.15) is 9.65 Å². The molecule has 6 rings (SSSR count). The first kappa shape index (κ1) is 25.1. The number of pyridine rings is 1. The van der Waals surface area contributed by atoms with Crippen molar-refractivity contribution in [3.8, 4) is 17.2 Å². The number of anilines is 1. The summed E-state index contributed by atoms with van der Waals surface area (Å²) in [6, 6.07) is 18.9. The number of hydrogen-bond donors (Lipinski definition) is 0. The van der Waals surface area contributed by atoms with Gasteiger partial charge in [-0.3, -0.25) is 9.80 Å². The zero-order valence-electron chi connectivity index (χ0n) is 22.1. The predicted octanol–water partition coefficient (Wildman–Crippen LogP) is 6.29. The summed E-state index contributed by atoms with van der Waals surface area (Å²) in [4.78, 5) is 20.8. The average Bonchev–Trinajstić information content (AvgIpc) is 3.48. The quantitative estimate of drug-likeness (QED) is 0.288. The van der Waals surface area contributed by atoms with Crippen LogP contribution in [0.25, 0.3) is 22.0 Å². The molecule has 0 unspecified atom stereocenters. The Kier molecular flexibility index (Phi) is 6.32. The molecule has 0 saturated carbocycles. The highest BCUT2D eigenvalue weighted by atomic mass is 19.1. The van der Waals surface area contributed by atoms with E-state index in [-0.39, 0.29) is 6.09 Å². The van der Waals surface area contributed by atoms with Gasteiger partial charge >= 0.3 is 6.09 Å². The van der Waals surface area contributed by atoms with Crippen molar-refractivity contribution >= 4 is 22.7 Å². The standard InChI is InChI=1S/C31H30FN5O2/c1-21(2)36-19-24(29-26(4-3-5-27(29)36)23-8-11-28(32)34-17-23)18-35-14-12-31(13-15-35)20-37(30(38)39-31)25-9-6-22(16-33)7-10-25/h3-11,17,19,21H,12-15,18,20H2,1-2H3. The minimum atomic E-state index is -0.502. The van der Waals surface area contributed by atoms with E-state index in [0.29, 0.717) is 18.2 Å². The fourth-order valence-corrected chi connectivity index (χ4v) is 5.88. The lowest BCUT2D eigenvalue weighted by molar-refractivity contribution is -0.000890. The molecular weight excluding hydrogens is 493 g/mol. The van der Waals surface area contributed by atoms with Gasteiger partial charge in [0.25, 0.3) is 0 Å². The molecule has 39 heavy (non-hydrogen) atoms. The Morgan fingerprint density at radius 3 is 2.54 bits per heavy atom. The van der Waals surface area contributed by atoms with Gasteiger partial charge in [0.15, 0.2) is 0 Å². The molecule has 8 heteroatoms. The van der Waals surface area contributed by atoms with Crippen molar-refractivity contribution in [2.24, 2.45) is 0 Å². The molecule has 2 saturated heterocycles. The van der Waals surface area contributed by atoms with Crippen LogP contribution in [0.2, 0.25) is 0 Å². The highest BCUT2D eigenvalue weighted by molar-refractivity contribution is 5.98. The van der Waals surface area contributed by atoms with Crippen LogP contribution >= 0.6 is 0 Å². The van der Waals surface area contributed by atoms with E-state index >= 15 is 0 Å². The molecule has 0 radical (unpaired) electrons. The summed E-state index contributed by atoms with van der Waals surface area (Å²) in [7, 11) is 0. The molecule has 4 aromatic rings. The van der Waals surface area contributed by atoms with E-state index in [9.17, 15) is 9.18 Å². The van der Waals surface area contributed by atoms with Gasteiger partial charge in [-0.25, -0.2) is 9.78 Å². The maximum Gasteiger partial charge on any atom is 0.415 e. The number of ether oxygens (including phenoxy) is 1. The normalized spacial score (nSPS) is 17.2. The summed E-state index contributed by atoms with van der Waals surface area (Å²) < 4.78 is 21.8. The molecule has 2 aromatic carbocycles. The van der Waals surface area contributed by atoms with Crippen LogP contribution in [-0.2, 0) is 11.3 Å². The molecule has 1 amide bonds. The highest BCUT2D eigenvalue weighted by Gasteiger charge is 2.47. The van der Waals surface area contributed by atoms with Gasteiger partial charge in [-0.05, 0) is 67.4 Å². The molecule has 2 fully saturated rings. The second kappa shape index (κ2) is 9.83. The first-order chi connectivity index (χ1) is 18.9. The topological polar surface area (TPSA) is 74.4 Å². The summed E-state index contributed by atoms with van der Waals surface area (Å²) in [6.45, 7) is 7.25. The largest absolute Gasteiger partial charge is 0.441 e. The number of carbonyl (C=O) groups is 1. The Morgan fingerprint density at radius 2 is 1.87 bits per heavy atom. The van der Waals surface area contributed by atoms with Gasteiger partial charge in [0.1, 0.15) is 5.60 Å². The number of halogens is 1. The van der Waals surface area contributed by atoms with Crippen LogP contribution < -0.4 is 4.90 Å². The highest BCUT2D eigenvalue weighted by Crippen LogP contribution is 2.38. The molecule has 2 aliphatic rings. The van der Waals surface area contributed by atoms with Gasteiger partial charge in [0.05, 0.1) is 18.2 Å². The number of aromatic nitrogens is 2. The minimum Gasteiger partial charge on any atom is -0.441 e. The molecule has 2 aliphatic heterocycles. The molecular formula is C31H30FN5O2. The van der Waals surface area contributed by atoms with Crippen molar-refractivity contribution in [3.63, 3.8) is 0 Å². The summed E-state index contributed by atoms with van der Waals surface area (Å²) in [6.07, 6.45) is 5.01. The Balaban J connectivity index is 1.22. The van der Waals surface area contributed by atoms with Crippen LogP contribution in [0.5, 0.6) is 0 Å². The molecule has 0 N–H and O–H groups in total. The van der Waals surface area contributed by atoms with Crippen molar-refractivity contribution in [1.29, 1.82) is 5.26 Å². The summed E-state index contributed by atoms with van der Waals surface area (Å²) in [5, 5.41) is 10.2. The number of likely N-dealkylation sites (tertiary alicyclic amines) is 1. The lowest BCUT2D eigenvalue weighted by Gasteiger charge is -2.37. The Morgan fingerprint density at radius 1 is 1.10 bits per heavy atom. The van der Waals surface area contributed by atoms with Crippen molar-refractivity contribution in [2.45, 2.75) is 44.9 Å². The summed E-state index contributed by atoms with van der Waals surface area (Å²) in [5.74, 6) is -0.487. The molecule has 4 heterocycles. The van der Waals surface area contributed by atoms with E-state index in [0.717, 1.165) is 54.8 Å². The Bertz CT molecular complexity index is 1560. The maximum atomic E-state index is 13.5. The van der Waals surface area contributed by atoms with Gasteiger partial charge < -0.3 is 9.30 Å².